The zero-order valence-corrected chi connectivity index (χ0v) is 20.2. The number of hydrogen-bond donors (Lipinski definition) is 0. The minimum absolute atomic E-state index is 0.0525. The van der Waals surface area contributed by atoms with Crippen LogP contribution in [0.2, 0.25) is 0 Å². The van der Waals surface area contributed by atoms with Crippen LogP contribution in [0.5, 0.6) is 0 Å². The summed E-state index contributed by atoms with van der Waals surface area (Å²) in [4.78, 5) is 15.7. The van der Waals surface area contributed by atoms with Gasteiger partial charge < -0.3 is 4.90 Å². The molecule has 170 valence electrons. The first-order valence-corrected chi connectivity index (χ1v) is 13.0. The normalized spacial score (nSPS) is 28.6. The maximum absolute atomic E-state index is 13.6. The molecule has 2 heterocycles. The molecule has 0 radical (unpaired) electrons. The molecule has 1 aliphatic carbocycles. The van der Waals surface area contributed by atoms with Crippen LogP contribution in [0, 0.1) is 10.8 Å². The van der Waals surface area contributed by atoms with Crippen molar-refractivity contribution >= 4 is 21.6 Å². The zero-order chi connectivity index (χ0) is 22.9. The summed E-state index contributed by atoms with van der Waals surface area (Å²) in [6.07, 6.45) is 3.83. The molecule has 0 unspecified atom stereocenters. The number of anilines is 1. The molecule has 1 amide bonds. The fourth-order valence-electron chi connectivity index (χ4n) is 6.67. The Kier molecular flexibility index (Phi) is 4.76. The molecule has 2 aliphatic heterocycles. The third-order valence-electron chi connectivity index (χ3n) is 7.46. The Bertz CT molecular complexity index is 1190. The maximum atomic E-state index is 13.6. The highest BCUT2D eigenvalue weighted by Gasteiger charge is 2.51. The SMILES string of the molecule is C[C@@H]1Cc2ccccc2N1S(=O)(=O)c1cccc(C(=O)N2C[C@@]3(C)C[C@H]2CC(C)(C)C3)c1. The Balaban J connectivity index is 1.46. The molecule has 5 rings (SSSR count). The number of likely N-dealkylation sites (tertiary alicyclic amines) is 1. The molecular weight excluding hydrogens is 420 g/mol. The zero-order valence-electron chi connectivity index (χ0n) is 19.3. The Morgan fingerprint density at radius 3 is 2.56 bits per heavy atom. The molecule has 1 saturated carbocycles. The lowest BCUT2D eigenvalue weighted by atomic mass is 9.65. The molecule has 3 aliphatic rings. The summed E-state index contributed by atoms with van der Waals surface area (Å²) in [5.41, 5.74) is 2.59. The van der Waals surface area contributed by atoms with Gasteiger partial charge in [-0.15, -0.1) is 0 Å². The number of rotatable bonds is 3. The first-order valence-electron chi connectivity index (χ1n) is 11.5. The molecule has 2 aromatic rings. The lowest BCUT2D eigenvalue weighted by Crippen LogP contribution is -2.38. The van der Waals surface area contributed by atoms with Crippen LogP contribution in [0.1, 0.15) is 62.9 Å². The molecule has 0 aromatic heterocycles. The standard InChI is InChI=1S/C26H32N2O3S/c1-18-12-19-8-5-6-11-23(19)28(18)32(30,31)22-10-7-9-20(13-22)24(29)27-17-26(4)15-21(27)14-25(2,3)16-26/h5-11,13,18,21H,12,14-17H2,1-4H3/t18-,21-,26+/m1/s1. The van der Waals surface area contributed by atoms with Crippen LogP contribution in [0.15, 0.2) is 53.4 Å². The smallest absolute Gasteiger partial charge is 0.264 e. The molecule has 1 saturated heterocycles. The van der Waals surface area contributed by atoms with E-state index in [2.05, 4.69) is 20.8 Å². The van der Waals surface area contributed by atoms with Gasteiger partial charge in [-0.1, -0.05) is 45.0 Å². The van der Waals surface area contributed by atoms with Gasteiger partial charge in [0.05, 0.1) is 10.6 Å². The molecule has 2 bridgehead atoms. The largest absolute Gasteiger partial charge is 0.335 e. The highest BCUT2D eigenvalue weighted by molar-refractivity contribution is 7.92. The number of carbonyl (C=O) groups is 1. The van der Waals surface area contributed by atoms with E-state index in [1.165, 1.54) is 4.31 Å². The third kappa shape index (κ3) is 3.43. The first-order chi connectivity index (χ1) is 15.0. The van der Waals surface area contributed by atoms with Crippen molar-refractivity contribution in [2.75, 3.05) is 10.8 Å². The van der Waals surface area contributed by atoms with Gasteiger partial charge in [0.2, 0.25) is 0 Å². The van der Waals surface area contributed by atoms with Gasteiger partial charge in [0.25, 0.3) is 15.9 Å². The number of nitrogens with zero attached hydrogens (tertiary/aromatic N) is 2. The quantitative estimate of drug-likeness (QED) is 0.668. The van der Waals surface area contributed by atoms with Crippen LogP contribution in [0.4, 0.5) is 5.69 Å². The number of hydrogen-bond acceptors (Lipinski definition) is 3. The number of sulfonamides is 1. The van der Waals surface area contributed by atoms with Gasteiger partial charge in [0.1, 0.15) is 0 Å². The fraction of sp³-hybridized carbons (Fsp3) is 0.500. The van der Waals surface area contributed by atoms with Crippen molar-refractivity contribution in [3.05, 3.63) is 59.7 Å². The maximum Gasteiger partial charge on any atom is 0.264 e. The van der Waals surface area contributed by atoms with E-state index in [0.717, 1.165) is 37.1 Å². The van der Waals surface area contributed by atoms with E-state index in [9.17, 15) is 13.2 Å². The highest BCUT2D eigenvalue weighted by Crippen LogP contribution is 2.52. The van der Waals surface area contributed by atoms with Gasteiger partial charge >= 0.3 is 0 Å². The van der Waals surface area contributed by atoms with Crippen molar-refractivity contribution < 1.29 is 13.2 Å². The van der Waals surface area contributed by atoms with Gasteiger partial charge in [-0.2, -0.15) is 0 Å². The van der Waals surface area contributed by atoms with Crippen LogP contribution in [-0.2, 0) is 16.4 Å². The minimum atomic E-state index is -3.77. The lowest BCUT2D eigenvalue weighted by molar-refractivity contribution is 0.0708. The number of amides is 1. The van der Waals surface area contributed by atoms with E-state index in [1.54, 1.807) is 24.3 Å². The van der Waals surface area contributed by atoms with Gasteiger partial charge in [-0.05, 0) is 73.3 Å². The van der Waals surface area contributed by atoms with Crippen molar-refractivity contribution in [2.24, 2.45) is 10.8 Å². The third-order valence-corrected chi connectivity index (χ3v) is 9.38. The molecule has 0 spiro atoms. The van der Waals surface area contributed by atoms with Crippen molar-refractivity contribution in [2.45, 2.75) is 70.4 Å². The van der Waals surface area contributed by atoms with Crippen LogP contribution in [0.3, 0.4) is 0 Å². The number of carbonyl (C=O) groups excluding carboxylic acids is 1. The fourth-order valence-corrected chi connectivity index (χ4v) is 8.41. The molecule has 5 nitrogen and oxygen atoms in total. The molecule has 3 atom stereocenters. The van der Waals surface area contributed by atoms with Crippen molar-refractivity contribution in [3.63, 3.8) is 0 Å². The summed E-state index contributed by atoms with van der Waals surface area (Å²) < 4.78 is 28.8. The van der Waals surface area contributed by atoms with Crippen molar-refractivity contribution in [3.8, 4) is 0 Å². The second kappa shape index (κ2) is 7.08. The highest BCUT2D eigenvalue weighted by atomic mass is 32.2. The van der Waals surface area contributed by atoms with Crippen molar-refractivity contribution in [1.29, 1.82) is 0 Å². The van der Waals surface area contributed by atoms with E-state index in [-0.39, 0.29) is 33.7 Å². The number of fused-ring (bicyclic) bond motifs is 3. The average Bonchev–Trinajstić information content (AvgIpc) is 3.19. The summed E-state index contributed by atoms with van der Waals surface area (Å²) in [6.45, 7) is 9.52. The molecule has 0 N–H and O–H groups in total. The van der Waals surface area contributed by atoms with Gasteiger partial charge in [0, 0.05) is 24.2 Å². The van der Waals surface area contributed by atoms with Gasteiger partial charge in [-0.25, -0.2) is 8.42 Å². The van der Waals surface area contributed by atoms with Crippen LogP contribution < -0.4 is 4.31 Å². The monoisotopic (exact) mass is 452 g/mol. The molecular formula is C26H32N2O3S. The van der Waals surface area contributed by atoms with E-state index in [0.29, 0.717) is 12.0 Å². The second-order valence-electron chi connectivity index (χ2n) is 11.2. The summed E-state index contributed by atoms with van der Waals surface area (Å²) in [7, 11) is -3.77. The Labute approximate surface area is 191 Å². The lowest BCUT2D eigenvalue weighted by Gasteiger charge is -2.39. The Hall–Kier alpha value is -2.34. The van der Waals surface area contributed by atoms with Crippen LogP contribution in [-0.4, -0.2) is 37.9 Å². The Morgan fingerprint density at radius 2 is 1.78 bits per heavy atom. The minimum Gasteiger partial charge on any atom is -0.335 e. The summed E-state index contributed by atoms with van der Waals surface area (Å²) in [5, 5.41) is 0. The second-order valence-corrected chi connectivity index (χ2v) is 13.0. The first kappa shape index (κ1) is 21.5. The van der Waals surface area contributed by atoms with E-state index in [1.807, 2.05) is 36.1 Å². The molecule has 2 aromatic carbocycles. The van der Waals surface area contributed by atoms with Crippen LogP contribution >= 0.6 is 0 Å². The topological polar surface area (TPSA) is 57.7 Å². The summed E-state index contributed by atoms with van der Waals surface area (Å²) in [5.74, 6) is -0.0525. The summed E-state index contributed by atoms with van der Waals surface area (Å²) in [6, 6.07) is 14.3. The molecule has 2 fully saturated rings. The van der Waals surface area contributed by atoms with Gasteiger partial charge in [0.15, 0.2) is 0 Å². The Morgan fingerprint density at radius 1 is 1.03 bits per heavy atom. The molecule has 32 heavy (non-hydrogen) atoms. The predicted octanol–water partition coefficient (Wildman–Crippen LogP) is 4.87. The van der Waals surface area contributed by atoms with E-state index >= 15 is 0 Å². The number of benzene rings is 2. The summed E-state index contributed by atoms with van der Waals surface area (Å²) >= 11 is 0. The number of para-hydroxylation sites is 1. The van der Waals surface area contributed by atoms with E-state index < -0.39 is 10.0 Å². The van der Waals surface area contributed by atoms with E-state index in [4.69, 9.17) is 0 Å². The predicted molar refractivity (Wildman–Crippen MR) is 126 cm³/mol. The molecule has 6 heteroatoms. The van der Waals surface area contributed by atoms with Gasteiger partial charge in [-0.3, -0.25) is 9.10 Å². The average molecular weight is 453 g/mol. The van der Waals surface area contributed by atoms with Crippen molar-refractivity contribution in [1.82, 2.24) is 4.90 Å². The van der Waals surface area contributed by atoms with Crippen LogP contribution in [0.25, 0.3) is 0 Å².